The molecule has 0 saturated carbocycles. The van der Waals surface area contributed by atoms with Gasteiger partial charge in [-0.3, -0.25) is 9.78 Å². The molecule has 0 N–H and O–H groups in total. The van der Waals surface area contributed by atoms with Crippen molar-refractivity contribution in [2.45, 2.75) is 6.92 Å². The van der Waals surface area contributed by atoms with Crippen molar-refractivity contribution in [2.75, 3.05) is 20.3 Å². The van der Waals surface area contributed by atoms with Gasteiger partial charge in [0.05, 0.1) is 12.2 Å². The Morgan fingerprint density at radius 2 is 2.29 bits per heavy atom. The fraction of sp³-hybridized carbons (Fsp3) is 0.400. The minimum absolute atomic E-state index is 0.0504. The minimum atomic E-state index is -0.0504. The Bertz CT molecular complexity index is 312. The number of hydrogen-bond acceptors (Lipinski definition) is 4. The van der Waals surface area contributed by atoms with E-state index in [-0.39, 0.29) is 5.78 Å². The zero-order valence-electron chi connectivity index (χ0n) is 8.32. The molecule has 0 unspecified atom stereocenters. The smallest absolute Gasteiger partial charge is 0.165 e. The van der Waals surface area contributed by atoms with Crippen molar-refractivity contribution in [3.05, 3.63) is 24.0 Å². The molecular weight excluding hydrogens is 182 g/mol. The van der Waals surface area contributed by atoms with Crippen molar-refractivity contribution >= 4 is 5.78 Å². The van der Waals surface area contributed by atoms with E-state index >= 15 is 0 Å². The van der Waals surface area contributed by atoms with Gasteiger partial charge in [0.1, 0.15) is 12.4 Å². The summed E-state index contributed by atoms with van der Waals surface area (Å²) in [5, 5.41) is 0. The summed E-state index contributed by atoms with van der Waals surface area (Å²) in [6.45, 7) is 2.42. The van der Waals surface area contributed by atoms with E-state index in [1.165, 1.54) is 13.1 Å². The predicted octanol–water partition coefficient (Wildman–Crippen LogP) is 1.31. The van der Waals surface area contributed by atoms with Gasteiger partial charge in [-0.05, 0) is 13.0 Å². The molecule has 4 heteroatoms. The van der Waals surface area contributed by atoms with E-state index in [0.29, 0.717) is 24.5 Å². The Hall–Kier alpha value is -1.42. The highest BCUT2D eigenvalue weighted by molar-refractivity contribution is 5.96. The van der Waals surface area contributed by atoms with Crippen molar-refractivity contribution in [1.29, 1.82) is 0 Å². The van der Waals surface area contributed by atoms with Gasteiger partial charge in [0.25, 0.3) is 0 Å². The molecule has 1 aromatic rings. The first-order valence-electron chi connectivity index (χ1n) is 4.32. The lowest BCUT2D eigenvalue weighted by Crippen LogP contribution is -2.07. The monoisotopic (exact) mass is 195 g/mol. The summed E-state index contributed by atoms with van der Waals surface area (Å²) in [7, 11) is 1.60. The number of ether oxygens (including phenoxy) is 2. The Morgan fingerprint density at radius 3 is 2.93 bits per heavy atom. The van der Waals surface area contributed by atoms with Crippen LogP contribution in [0.3, 0.4) is 0 Å². The molecule has 0 aliphatic rings. The van der Waals surface area contributed by atoms with Gasteiger partial charge in [-0.15, -0.1) is 0 Å². The molecule has 0 aliphatic carbocycles. The summed E-state index contributed by atoms with van der Waals surface area (Å²) in [6.07, 6.45) is 3.10. The van der Waals surface area contributed by atoms with Crippen LogP contribution < -0.4 is 4.74 Å². The van der Waals surface area contributed by atoms with Crippen molar-refractivity contribution in [2.24, 2.45) is 0 Å². The summed E-state index contributed by atoms with van der Waals surface area (Å²) in [4.78, 5) is 15.0. The number of carbonyl (C=O) groups excluding carboxylic acids is 1. The van der Waals surface area contributed by atoms with E-state index in [2.05, 4.69) is 4.98 Å². The van der Waals surface area contributed by atoms with E-state index < -0.39 is 0 Å². The van der Waals surface area contributed by atoms with Crippen LogP contribution in [0.2, 0.25) is 0 Å². The fourth-order valence-corrected chi connectivity index (χ4v) is 1.01. The van der Waals surface area contributed by atoms with Crippen molar-refractivity contribution in [3.8, 4) is 5.75 Å². The fourth-order valence-electron chi connectivity index (χ4n) is 1.01. The summed E-state index contributed by atoms with van der Waals surface area (Å²) >= 11 is 0. The molecule has 0 aliphatic heterocycles. The van der Waals surface area contributed by atoms with E-state index in [1.807, 2.05) is 0 Å². The van der Waals surface area contributed by atoms with Crippen LogP contribution in [-0.2, 0) is 4.74 Å². The summed E-state index contributed by atoms with van der Waals surface area (Å²) in [5.74, 6) is 0.509. The average Bonchev–Trinajstić information content (AvgIpc) is 2.19. The van der Waals surface area contributed by atoms with Crippen LogP contribution in [0.4, 0.5) is 0 Å². The minimum Gasteiger partial charge on any atom is -0.490 e. The first-order chi connectivity index (χ1) is 6.75. The molecule has 0 saturated heterocycles. The molecule has 1 rings (SSSR count). The SMILES string of the molecule is COCCOc1ccncc1C(C)=O. The first-order valence-corrected chi connectivity index (χ1v) is 4.32. The lowest BCUT2D eigenvalue weighted by atomic mass is 10.2. The van der Waals surface area contributed by atoms with Crippen LogP contribution in [0, 0.1) is 0 Å². The summed E-state index contributed by atoms with van der Waals surface area (Å²) < 4.78 is 10.2. The molecule has 0 bridgehead atoms. The number of pyridine rings is 1. The number of rotatable bonds is 5. The maximum absolute atomic E-state index is 11.1. The topological polar surface area (TPSA) is 48.4 Å². The van der Waals surface area contributed by atoms with Gasteiger partial charge in [0, 0.05) is 19.5 Å². The Balaban J connectivity index is 2.69. The van der Waals surface area contributed by atoms with Crippen LogP contribution in [0.5, 0.6) is 5.75 Å². The molecule has 0 aromatic carbocycles. The third kappa shape index (κ3) is 2.81. The number of methoxy groups -OCH3 is 1. The molecule has 76 valence electrons. The summed E-state index contributed by atoms with van der Waals surface area (Å²) in [5.41, 5.74) is 0.503. The third-order valence-electron chi connectivity index (χ3n) is 1.71. The highest BCUT2D eigenvalue weighted by Crippen LogP contribution is 2.16. The van der Waals surface area contributed by atoms with Gasteiger partial charge in [-0.2, -0.15) is 0 Å². The quantitative estimate of drug-likeness (QED) is 0.525. The van der Waals surface area contributed by atoms with Gasteiger partial charge in [-0.25, -0.2) is 0 Å². The Kier molecular flexibility index (Phi) is 4.07. The second-order valence-corrected chi connectivity index (χ2v) is 2.77. The Labute approximate surface area is 82.9 Å². The molecular formula is C10H13NO3. The van der Waals surface area contributed by atoms with Crippen LogP contribution in [0.25, 0.3) is 0 Å². The second kappa shape index (κ2) is 5.34. The van der Waals surface area contributed by atoms with E-state index in [9.17, 15) is 4.79 Å². The molecule has 0 amide bonds. The number of ketones is 1. The number of nitrogens with zero attached hydrogens (tertiary/aromatic N) is 1. The lowest BCUT2D eigenvalue weighted by molar-refractivity contribution is 0.100. The van der Waals surface area contributed by atoms with Gasteiger partial charge in [0.15, 0.2) is 5.78 Å². The van der Waals surface area contributed by atoms with Gasteiger partial charge >= 0.3 is 0 Å². The number of Topliss-reactive ketones (excluding diaryl/α,β-unsaturated/α-hetero) is 1. The highest BCUT2D eigenvalue weighted by atomic mass is 16.5. The van der Waals surface area contributed by atoms with Crippen LogP contribution in [-0.4, -0.2) is 31.1 Å². The standard InChI is InChI=1S/C10H13NO3/c1-8(12)9-7-11-4-3-10(9)14-6-5-13-2/h3-4,7H,5-6H2,1-2H3. The molecule has 1 aromatic heterocycles. The predicted molar refractivity (Wildman–Crippen MR) is 51.6 cm³/mol. The highest BCUT2D eigenvalue weighted by Gasteiger charge is 2.07. The number of aromatic nitrogens is 1. The molecule has 0 spiro atoms. The molecule has 0 radical (unpaired) electrons. The van der Waals surface area contributed by atoms with Crippen molar-refractivity contribution < 1.29 is 14.3 Å². The van der Waals surface area contributed by atoms with E-state index in [0.717, 1.165) is 0 Å². The molecule has 1 heterocycles. The van der Waals surface area contributed by atoms with Crippen LogP contribution in [0.15, 0.2) is 18.5 Å². The molecule has 14 heavy (non-hydrogen) atoms. The molecule has 0 atom stereocenters. The first kappa shape index (κ1) is 10.7. The van der Waals surface area contributed by atoms with Gasteiger partial charge < -0.3 is 9.47 Å². The lowest BCUT2D eigenvalue weighted by Gasteiger charge is -2.07. The van der Waals surface area contributed by atoms with Crippen molar-refractivity contribution in [1.82, 2.24) is 4.98 Å². The average molecular weight is 195 g/mol. The van der Waals surface area contributed by atoms with E-state index in [1.54, 1.807) is 19.4 Å². The molecule has 4 nitrogen and oxygen atoms in total. The second-order valence-electron chi connectivity index (χ2n) is 2.77. The zero-order valence-corrected chi connectivity index (χ0v) is 8.32. The number of carbonyl (C=O) groups is 1. The normalized spacial score (nSPS) is 9.86. The van der Waals surface area contributed by atoms with Crippen LogP contribution >= 0.6 is 0 Å². The summed E-state index contributed by atoms with van der Waals surface area (Å²) in [6, 6.07) is 1.67. The van der Waals surface area contributed by atoms with Crippen molar-refractivity contribution in [3.63, 3.8) is 0 Å². The largest absolute Gasteiger partial charge is 0.490 e. The maximum Gasteiger partial charge on any atom is 0.165 e. The molecule has 0 fully saturated rings. The third-order valence-corrected chi connectivity index (χ3v) is 1.71. The maximum atomic E-state index is 11.1. The van der Waals surface area contributed by atoms with E-state index in [4.69, 9.17) is 9.47 Å². The van der Waals surface area contributed by atoms with Gasteiger partial charge in [-0.1, -0.05) is 0 Å². The van der Waals surface area contributed by atoms with Gasteiger partial charge in [0.2, 0.25) is 0 Å². The Morgan fingerprint density at radius 1 is 1.50 bits per heavy atom. The zero-order chi connectivity index (χ0) is 10.4. The number of hydrogen-bond donors (Lipinski definition) is 0. The van der Waals surface area contributed by atoms with Crippen LogP contribution in [0.1, 0.15) is 17.3 Å².